The van der Waals surface area contributed by atoms with Gasteiger partial charge in [0.2, 0.25) is 5.75 Å². The third-order valence-corrected chi connectivity index (χ3v) is 2.20. The van der Waals surface area contributed by atoms with Crippen molar-refractivity contribution >= 4 is 0 Å². The summed E-state index contributed by atoms with van der Waals surface area (Å²) in [6.45, 7) is 0.872. The number of benzene rings is 1. The quantitative estimate of drug-likeness (QED) is 0.767. The largest absolute Gasteiger partial charge is 0.502 e. The minimum Gasteiger partial charge on any atom is -0.502 e. The van der Waals surface area contributed by atoms with Gasteiger partial charge in [-0.15, -0.1) is 0 Å². The summed E-state index contributed by atoms with van der Waals surface area (Å²) in [5, 5.41) is 12.7. The number of nitrogens with one attached hydrogen (secondary N) is 1. The van der Waals surface area contributed by atoms with Crippen LogP contribution in [0.15, 0.2) is 12.1 Å². The first-order valence-corrected chi connectivity index (χ1v) is 4.81. The summed E-state index contributed by atoms with van der Waals surface area (Å²) < 4.78 is 10.1. The van der Waals surface area contributed by atoms with E-state index < -0.39 is 0 Å². The zero-order valence-corrected chi connectivity index (χ0v) is 9.33. The second-order valence-electron chi connectivity index (χ2n) is 3.20. The molecule has 84 valence electrons. The number of methoxy groups -OCH3 is 2. The van der Waals surface area contributed by atoms with Gasteiger partial charge >= 0.3 is 0 Å². The molecule has 15 heavy (non-hydrogen) atoms. The minimum absolute atomic E-state index is 0.0493. The van der Waals surface area contributed by atoms with Gasteiger partial charge in [-0.25, -0.2) is 0 Å². The highest BCUT2D eigenvalue weighted by Gasteiger charge is 2.10. The molecule has 0 aliphatic rings. The minimum atomic E-state index is 0.0493. The third kappa shape index (κ3) is 2.76. The number of phenolic OH excluding ortho intramolecular Hbond substituents is 1. The smallest absolute Gasteiger partial charge is 0.200 e. The van der Waals surface area contributed by atoms with E-state index in [2.05, 4.69) is 5.32 Å². The lowest BCUT2D eigenvalue weighted by Gasteiger charge is -2.11. The van der Waals surface area contributed by atoms with Gasteiger partial charge in [0.1, 0.15) is 0 Å². The molecular formula is C11H17NO3. The number of hydrogen-bond acceptors (Lipinski definition) is 4. The van der Waals surface area contributed by atoms with E-state index in [1.807, 2.05) is 19.2 Å². The Kier molecular flexibility index (Phi) is 4.24. The van der Waals surface area contributed by atoms with Crippen molar-refractivity contribution in [3.63, 3.8) is 0 Å². The molecule has 1 rings (SSSR count). The van der Waals surface area contributed by atoms with Crippen LogP contribution in [0.25, 0.3) is 0 Å². The molecule has 0 amide bonds. The van der Waals surface area contributed by atoms with E-state index in [0.717, 1.165) is 18.5 Å². The maximum Gasteiger partial charge on any atom is 0.200 e. The Bertz CT molecular complexity index is 301. The maximum absolute atomic E-state index is 9.67. The van der Waals surface area contributed by atoms with Crippen LogP contribution >= 0.6 is 0 Å². The summed E-state index contributed by atoms with van der Waals surface area (Å²) in [6.07, 6.45) is 0.865. The Morgan fingerprint density at radius 2 is 1.73 bits per heavy atom. The predicted molar refractivity (Wildman–Crippen MR) is 58.8 cm³/mol. The van der Waals surface area contributed by atoms with Crippen LogP contribution in [-0.2, 0) is 6.42 Å². The molecule has 1 aromatic rings. The van der Waals surface area contributed by atoms with Gasteiger partial charge in [0, 0.05) is 0 Å². The molecule has 0 fully saturated rings. The zero-order valence-electron chi connectivity index (χ0n) is 9.33. The number of ether oxygens (including phenoxy) is 2. The summed E-state index contributed by atoms with van der Waals surface area (Å²) in [5.41, 5.74) is 1.07. The number of hydrogen-bond donors (Lipinski definition) is 2. The fraction of sp³-hybridized carbons (Fsp3) is 0.455. The average molecular weight is 211 g/mol. The standard InChI is InChI=1S/C11H17NO3/c1-12-5-4-8-6-9(14-2)11(13)10(7-8)15-3/h6-7,12-13H,4-5H2,1-3H3. The monoisotopic (exact) mass is 211 g/mol. The van der Waals surface area contributed by atoms with Crippen LogP contribution in [0.2, 0.25) is 0 Å². The third-order valence-electron chi connectivity index (χ3n) is 2.20. The van der Waals surface area contributed by atoms with Gasteiger partial charge in [0.15, 0.2) is 11.5 Å². The van der Waals surface area contributed by atoms with Crippen LogP contribution in [0.3, 0.4) is 0 Å². The van der Waals surface area contributed by atoms with E-state index in [0.29, 0.717) is 11.5 Å². The van der Waals surface area contributed by atoms with Gasteiger partial charge in [-0.2, -0.15) is 0 Å². The Labute approximate surface area is 89.8 Å². The Morgan fingerprint density at radius 3 is 2.13 bits per heavy atom. The van der Waals surface area contributed by atoms with Crippen LogP contribution in [-0.4, -0.2) is 32.9 Å². The molecule has 0 atom stereocenters. The molecule has 4 heteroatoms. The zero-order chi connectivity index (χ0) is 11.3. The number of phenols is 1. The van der Waals surface area contributed by atoms with Crippen molar-refractivity contribution in [3.8, 4) is 17.2 Å². The highest BCUT2D eigenvalue weighted by atomic mass is 16.5. The van der Waals surface area contributed by atoms with Crippen LogP contribution in [0.5, 0.6) is 17.2 Å². The van der Waals surface area contributed by atoms with Gasteiger partial charge in [-0.05, 0) is 37.7 Å². The molecule has 1 aromatic carbocycles. The van der Waals surface area contributed by atoms with Crippen LogP contribution in [0.4, 0.5) is 0 Å². The Balaban J connectivity index is 2.98. The van der Waals surface area contributed by atoms with Gasteiger partial charge in [-0.3, -0.25) is 0 Å². The Morgan fingerprint density at radius 1 is 1.20 bits per heavy atom. The topological polar surface area (TPSA) is 50.7 Å². The molecule has 0 aliphatic carbocycles. The summed E-state index contributed by atoms with van der Waals surface area (Å²) in [7, 11) is 4.95. The van der Waals surface area contributed by atoms with Gasteiger partial charge in [0.25, 0.3) is 0 Å². The van der Waals surface area contributed by atoms with Gasteiger partial charge in [0.05, 0.1) is 14.2 Å². The van der Waals surface area contributed by atoms with Crippen molar-refractivity contribution in [1.82, 2.24) is 5.32 Å². The Hall–Kier alpha value is -1.42. The van der Waals surface area contributed by atoms with E-state index in [1.165, 1.54) is 14.2 Å². The van der Waals surface area contributed by atoms with Crippen molar-refractivity contribution < 1.29 is 14.6 Å². The molecule has 0 saturated carbocycles. The predicted octanol–water partition coefficient (Wildman–Crippen LogP) is 1.17. The molecule has 0 unspecified atom stereocenters. The van der Waals surface area contributed by atoms with E-state index in [1.54, 1.807) is 0 Å². The average Bonchev–Trinajstić information content (AvgIpc) is 2.27. The summed E-state index contributed by atoms with van der Waals surface area (Å²) in [4.78, 5) is 0. The molecule has 0 saturated heterocycles. The first-order chi connectivity index (χ1) is 7.22. The van der Waals surface area contributed by atoms with Crippen LogP contribution < -0.4 is 14.8 Å². The normalized spacial score (nSPS) is 10.1. The number of aromatic hydroxyl groups is 1. The maximum atomic E-state index is 9.67. The molecule has 2 N–H and O–H groups in total. The first-order valence-electron chi connectivity index (χ1n) is 4.81. The van der Waals surface area contributed by atoms with E-state index in [9.17, 15) is 5.11 Å². The lowest BCUT2D eigenvalue weighted by molar-refractivity contribution is 0.339. The van der Waals surface area contributed by atoms with Crippen molar-refractivity contribution in [2.75, 3.05) is 27.8 Å². The highest BCUT2D eigenvalue weighted by molar-refractivity contribution is 5.52. The second-order valence-corrected chi connectivity index (χ2v) is 3.20. The lowest BCUT2D eigenvalue weighted by atomic mass is 10.1. The van der Waals surface area contributed by atoms with Crippen LogP contribution in [0, 0.1) is 0 Å². The fourth-order valence-electron chi connectivity index (χ4n) is 1.36. The molecule has 0 heterocycles. The van der Waals surface area contributed by atoms with Crippen molar-refractivity contribution in [2.45, 2.75) is 6.42 Å². The summed E-state index contributed by atoms with van der Waals surface area (Å²) in [5.74, 6) is 0.939. The SMILES string of the molecule is CNCCc1cc(OC)c(O)c(OC)c1. The first kappa shape index (κ1) is 11.7. The van der Waals surface area contributed by atoms with Crippen molar-refractivity contribution in [1.29, 1.82) is 0 Å². The highest BCUT2D eigenvalue weighted by Crippen LogP contribution is 2.37. The molecule has 0 aromatic heterocycles. The molecule has 4 nitrogen and oxygen atoms in total. The van der Waals surface area contributed by atoms with Gasteiger partial charge < -0.3 is 19.9 Å². The summed E-state index contributed by atoms with van der Waals surface area (Å²) >= 11 is 0. The van der Waals surface area contributed by atoms with E-state index >= 15 is 0 Å². The van der Waals surface area contributed by atoms with Crippen molar-refractivity contribution in [2.24, 2.45) is 0 Å². The van der Waals surface area contributed by atoms with E-state index in [4.69, 9.17) is 9.47 Å². The second kappa shape index (κ2) is 5.46. The van der Waals surface area contributed by atoms with Crippen molar-refractivity contribution in [3.05, 3.63) is 17.7 Å². The molecule has 0 aliphatic heterocycles. The van der Waals surface area contributed by atoms with E-state index in [-0.39, 0.29) is 5.75 Å². The summed E-state index contributed by atoms with van der Waals surface area (Å²) in [6, 6.07) is 3.63. The van der Waals surface area contributed by atoms with Gasteiger partial charge in [-0.1, -0.05) is 0 Å². The fourth-order valence-corrected chi connectivity index (χ4v) is 1.36. The molecule has 0 spiro atoms. The molecular weight excluding hydrogens is 194 g/mol. The molecule has 0 bridgehead atoms. The number of likely N-dealkylation sites (N-methyl/N-ethyl adjacent to an activating group) is 1. The molecule has 0 radical (unpaired) electrons. The lowest BCUT2D eigenvalue weighted by Crippen LogP contribution is -2.10. The number of rotatable bonds is 5. The van der Waals surface area contributed by atoms with Crippen LogP contribution in [0.1, 0.15) is 5.56 Å².